The molecule has 1 unspecified atom stereocenters. The molecular weight excluding hydrogens is 280 g/mol. The Kier molecular flexibility index (Phi) is 5.78. The highest BCUT2D eigenvalue weighted by molar-refractivity contribution is 8.06. The first-order valence-electron chi connectivity index (χ1n) is 6.34. The normalized spacial score (nSPS) is 18.9. The van der Waals surface area contributed by atoms with Gasteiger partial charge in [-0.05, 0) is 19.1 Å². The van der Waals surface area contributed by atoms with Gasteiger partial charge in [-0.1, -0.05) is 0 Å². The molecule has 1 atom stereocenters. The molecule has 1 aromatic heterocycles. The van der Waals surface area contributed by atoms with E-state index in [1.165, 1.54) is 17.3 Å². The predicted octanol–water partition coefficient (Wildman–Crippen LogP) is 1.49. The Balaban J connectivity index is 1.82. The summed E-state index contributed by atoms with van der Waals surface area (Å²) in [5.74, 6) is 4.20. The molecule has 1 saturated heterocycles. The standard InChI is InChI=1S/C12H18N4OS2/c1-2-13-12(17)10-3-4-11(16-15-10)14-7-9-8-18-5-6-19-9/h3-4,9H,2,5-8H2,1H3,(H,13,17)(H,14,16). The minimum atomic E-state index is -0.180. The summed E-state index contributed by atoms with van der Waals surface area (Å²) in [6.07, 6.45) is 0. The van der Waals surface area contributed by atoms with Crippen LogP contribution in [-0.4, -0.2) is 51.7 Å². The Labute approximate surface area is 121 Å². The molecule has 1 aliphatic rings. The quantitative estimate of drug-likeness (QED) is 0.858. The van der Waals surface area contributed by atoms with E-state index < -0.39 is 0 Å². The summed E-state index contributed by atoms with van der Waals surface area (Å²) in [7, 11) is 0. The fraction of sp³-hybridized carbons (Fsp3) is 0.583. The van der Waals surface area contributed by atoms with E-state index in [4.69, 9.17) is 0 Å². The molecular formula is C12H18N4OS2. The lowest BCUT2D eigenvalue weighted by Gasteiger charge is -2.21. The second kappa shape index (κ2) is 7.59. The Morgan fingerprint density at radius 1 is 1.42 bits per heavy atom. The van der Waals surface area contributed by atoms with E-state index >= 15 is 0 Å². The molecule has 2 heterocycles. The molecule has 2 rings (SSSR count). The van der Waals surface area contributed by atoms with Gasteiger partial charge in [0.25, 0.3) is 5.91 Å². The number of hydrogen-bond donors (Lipinski definition) is 2. The first-order chi connectivity index (χ1) is 9.29. The second-order valence-corrected chi connectivity index (χ2v) is 6.67. The first-order valence-corrected chi connectivity index (χ1v) is 8.55. The van der Waals surface area contributed by atoms with Crippen LogP contribution in [0.4, 0.5) is 5.82 Å². The maximum atomic E-state index is 11.5. The van der Waals surface area contributed by atoms with Crippen LogP contribution in [0.1, 0.15) is 17.4 Å². The number of thioether (sulfide) groups is 2. The maximum absolute atomic E-state index is 11.5. The van der Waals surface area contributed by atoms with Crippen LogP contribution in [0, 0.1) is 0 Å². The number of aromatic nitrogens is 2. The predicted molar refractivity (Wildman–Crippen MR) is 82.1 cm³/mol. The van der Waals surface area contributed by atoms with Crippen LogP contribution in [0.3, 0.4) is 0 Å². The van der Waals surface area contributed by atoms with Gasteiger partial charge in [0.2, 0.25) is 0 Å². The van der Waals surface area contributed by atoms with Gasteiger partial charge in [0.1, 0.15) is 5.82 Å². The Hall–Kier alpha value is -0.950. The monoisotopic (exact) mass is 298 g/mol. The maximum Gasteiger partial charge on any atom is 0.271 e. The van der Waals surface area contributed by atoms with Crippen LogP contribution >= 0.6 is 23.5 Å². The minimum absolute atomic E-state index is 0.180. The van der Waals surface area contributed by atoms with E-state index in [9.17, 15) is 4.79 Å². The fourth-order valence-corrected chi connectivity index (χ4v) is 4.28. The van der Waals surface area contributed by atoms with Crippen LogP contribution in [0.2, 0.25) is 0 Å². The van der Waals surface area contributed by atoms with Gasteiger partial charge >= 0.3 is 0 Å². The van der Waals surface area contributed by atoms with Gasteiger partial charge in [-0.15, -0.1) is 10.2 Å². The highest BCUT2D eigenvalue weighted by Crippen LogP contribution is 2.23. The van der Waals surface area contributed by atoms with E-state index in [0.29, 0.717) is 17.5 Å². The summed E-state index contributed by atoms with van der Waals surface area (Å²) in [5.41, 5.74) is 0.356. The van der Waals surface area contributed by atoms with Crippen molar-refractivity contribution in [1.29, 1.82) is 0 Å². The van der Waals surface area contributed by atoms with Gasteiger partial charge in [-0.2, -0.15) is 23.5 Å². The van der Waals surface area contributed by atoms with Crippen LogP contribution in [-0.2, 0) is 0 Å². The zero-order chi connectivity index (χ0) is 13.5. The Morgan fingerprint density at radius 2 is 2.32 bits per heavy atom. The largest absolute Gasteiger partial charge is 0.367 e. The van der Waals surface area contributed by atoms with Gasteiger partial charge < -0.3 is 10.6 Å². The van der Waals surface area contributed by atoms with Crippen molar-refractivity contribution in [2.45, 2.75) is 12.2 Å². The minimum Gasteiger partial charge on any atom is -0.367 e. The zero-order valence-electron chi connectivity index (χ0n) is 10.9. The van der Waals surface area contributed by atoms with Gasteiger partial charge in [0.15, 0.2) is 5.69 Å². The molecule has 0 radical (unpaired) electrons. The molecule has 7 heteroatoms. The van der Waals surface area contributed by atoms with Crippen molar-refractivity contribution in [2.75, 3.05) is 35.7 Å². The molecule has 0 spiro atoms. The van der Waals surface area contributed by atoms with Crippen LogP contribution < -0.4 is 10.6 Å². The summed E-state index contributed by atoms with van der Waals surface area (Å²) in [6.45, 7) is 3.37. The summed E-state index contributed by atoms with van der Waals surface area (Å²) in [4.78, 5) is 11.5. The molecule has 5 nitrogen and oxygen atoms in total. The number of nitrogens with zero attached hydrogens (tertiary/aromatic N) is 2. The van der Waals surface area contributed by atoms with E-state index in [-0.39, 0.29) is 5.91 Å². The van der Waals surface area contributed by atoms with Crippen molar-refractivity contribution in [3.63, 3.8) is 0 Å². The molecule has 0 aromatic carbocycles. The third-order valence-corrected chi connectivity index (χ3v) is 5.48. The Bertz CT molecular complexity index is 407. The van der Waals surface area contributed by atoms with Crippen molar-refractivity contribution in [2.24, 2.45) is 0 Å². The van der Waals surface area contributed by atoms with Crippen molar-refractivity contribution >= 4 is 35.2 Å². The summed E-state index contributed by atoms with van der Waals surface area (Å²) < 4.78 is 0. The van der Waals surface area contributed by atoms with Crippen molar-refractivity contribution in [1.82, 2.24) is 15.5 Å². The number of rotatable bonds is 5. The second-order valence-electron chi connectivity index (χ2n) is 4.11. The number of amides is 1. The average molecular weight is 298 g/mol. The van der Waals surface area contributed by atoms with E-state index in [2.05, 4.69) is 20.8 Å². The topological polar surface area (TPSA) is 66.9 Å². The number of nitrogens with one attached hydrogen (secondary N) is 2. The lowest BCUT2D eigenvalue weighted by atomic mass is 10.3. The molecule has 1 amide bonds. The fourth-order valence-electron chi connectivity index (χ4n) is 1.67. The van der Waals surface area contributed by atoms with E-state index in [1.807, 2.05) is 30.4 Å². The molecule has 0 aliphatic carbocycles. The van der Waals surface area contributed by atoms with E-state index in [0.717, 1.165) is 12.4 Å². The molecule has 1 fully saturated rings. The van der Waals surface area contributed by atoms with Gasteiger partial charge in [0, 0.05) is 35.6 Å². The van der Waals surface area contributed by atoms with Crippen molar-refractivity contribution in [3.8, 4) is 0 Å². The summed E-state index contributed by atoms with van der Waals surface area (Å²) in [6, 6.07) is 3.50. The van der Waals surface area contributed by atoms with Crippen molar-refractivity contribution < 1.29 is 4.79 Å². The molecule has 1 aromatic rings. The van der Waals surface area contributed by atoms with Crippen LogP contribution in [0.5, 0.6) is 0 Å². The molecule has 1 aliphatic heterocycles. The number of anilines is 1. The van der Waals surface area contributed by atoms with Crippen molar-refractivity contribution in [3.05, 3.63) is 17.8 Å². The smallest absolute Gasteiger partial charge is 0.271 e. The highest BCUT2D eigenvalue weighted by atomic mass is 32.2. The lowest BCUT2D eigenvalue weighted by molar-refractivity contribution is 0.0950. The van der Waals surface area contributed by atoms with Gasteiger partial charge in [-0.25, -0.2) is 0 Å². The van der Waals surface area contributed by atoms with Crippen LogP contribution in [0.25, 0.3) is 0 Å². The van der Waals surface area contributed by atoms with Crippen LogP contribution in [0.15, 0.2) is 12.1 Å². The number of hydrogen-bond acceptors (Lipinski definition) is 6. The third kappa shape index (κ3) is 4.58. The third-order valence-electron chi connectivity index (χ3n) is 2.63. The summed E-state index contributed by atoms with van der Waals surface area (Å²) in [5, 5.41) is 14.6. The Morgan fingerprint density at radius 3 is 2.95 bits per heavy atom. The zero-order valence-corrected chi connectivity index (χ0v) is 12.5. The number of carbonyl (C=O) groups is 1. The highest BCUT2D eigenvalue weighted by Gasteiger charge is 2.14. The molecule has 0 bridgehead atoms. The summed E-state index contributed by atoms with van der Waals surface area (Å²) >= 11 is 4.00. The first kappa shape index (κ1) is 14.5. The van der Waals surface area contributed by atoms with E-state index in [1.54, 1.807) is 12.1 Å². The molecule has 19 heavy (non-hydrogen) atoms. The molecule has 2 N–H and O–H groups in total. The molecule has 0 saturated carbocycles. The van der Waals surface area contributed by atoms with Gasteiger partial charge in [0.05, 0.1) is 0 Å². The van der Waals surface area contributed by atoms with Gasteiger partial charge in [-0.3, -0.25) is 4.79 Å². The molecule has 104 valence electrons. The number of carbonyl (C=O) groups excluding carboxylic acids is 1. The average Bonchev–Trinajstić information content (AvgIpc) is 2.47. The SMILES string of the molecule is CCNC(=O)c1ccc(NCC2CSCCS2)nn1. The lowest BCUT2D eigenvalue weighted by Crippen LogP contribution is -2.25.